The molecule has 7 nitrogen and oxygen atoms in total. The number of aromatic nitrogens is 2. The quantitative estimate of drug-likeness (QED) is 0.627. The standard InChI is InChI=1S/C22H27N5O2S/c1-16(21(28)23-9-7-17-3-5-18(29-2)6-4-17)26-10-12-27(13-11-26)20-19-8-14-30-22(19)25-15-24-20/h3-6,8,14-16H,7,9-13H2,1-2H3,(H,23,28). The first-order valence-electron chi connectivity index (χ1n) is 10.2. The molecule has 30 heavy (non-hydrogen) atoms. The Morgan fingerprint density at radius 1 is 1.17 bits per heavy atom. The van der Waals surface area contributed by atoms with E-state index < -0.39 is 0 Å². The van der Waals surface area contributed by atoms with E-state index in [1.54, 1.807) is 24.8 Å². The fourth-order valence-electron chi connectivity index (χ4n) is 3.79. The number of carbonyl (C=O) groups is 1. The van der Waals surface area contributed by atoms with Crippen molar-refractivity contribution in [3.05, 3.63) is 47.6 Å². The fourth-order valence-corrected chi connectivity index (χ4v) is 4.51. The molecule has 1 atom stereocenters. The summed E-state index contributed by atoms with van der Waals surface area (Å²) in [6, 6.07) is 9.90. The van der Waals surface area contributed by atoms with Crippen LogP contribution in [0.5, 0.6) is 5.75 Å². The second kappa shape index (κ2) is 9.40. The summed E-state index contributed by atoms with van der Waals surface area (Å²) in [5.41, 5.74) is 1.18. The van der Waals surface area contributed by atoms with Gasteiger partial charge in [-0.15, -0.1) is 11.3 Å². The van der Waals surface area contributed by atoms with Crippen LogP contribution in [0.4, 0.5) is 5.82 Å². The van der Waals surface area contributed by atoms with Gasteiger partial charge in [-0.2, -0.15) is 0 Å². The number of carbonyl (C=O) groups excluding carboxylic acids is 1. The average molecular weight is 426 g/mol. The van der Waals surface area contributed by atoms with Gasteiger partial charge in [0.2, 0.25) is 5.91 Å². The third-order valence-electron chi connectivity index (χ3n) is 5.65. The van der Waals surface area contributed by atoms with Gasteiger partial charge in [-0.25, -0.2) is 9.97 Å². The molecule has 3 heterocycles. The smallest absolute Gasteiger partial charge is 0.237 e. The van der Waals surface area contributed by atoms with Gasteiger partial charge < -0.3 is 15.0 Å². The third kappa shape index (κ3) is 4.55. The number of hydrogen-bond donors (Lipinski definition) is 1. The number of thiophene rings is 1. The molecule has 0 aliphatic carbocycles. The Morgan fingerprint density at radius 2 is 1.93 bits per heavy atom. The Kier molecular flexibility index (Phi) is 6.44. The highest BCUT2D eigenvalue weighted by atomic mass is 32.1. The molecule has 0 bridgehead atoms. The Balaban J connectivity index is 1.25. The molecule has 4 rings (SSSR count). The van der Waals surface area contributed by atoms with Crippen molar-refractivity contribution in [2.24, 2.45) is 0 Å². The van der Waals surface area contributed by atoms with Crippen molar-refractivity contribution in [3.63, 3.8) is 0 Å². The average Bonchev–Trinajstić information content (AvgIpc) is 3.28. The van der Waals surface area contributed by atoms with Crippen molar-refractivity contribution >= 4 is 33.3 Å². The third-order valence-corrected chi connectivity index (χ3v) is 6.47. The second-order valence-electron chi connectivity index (χ2n) is 7.42. The molecule has 1 aliphatic heterocycles. The Hall–Kier alpha value is -2.71. The van der Waals surface area contributed by atoms with E-state index in [4.69, 9.17) is 4.74 Å². The van der Waals surface area contributed by atoms with Crippen molar-refractivity contribution < 1.29 is 9.53 Å². The minimum absolute atomic E-state index is 0.0826. The molecule has 0 saturated carbocycles. The van der Waals surface area contributed by atoms with Gasteiger partial charge in [-0.1, -0.05) is 12.1 Å². The highest BCUT2D eigenvalue weighted by Gasteiger charge is 2.26. The monoisotopic (exact) mass is 425 g/mol. The maximum atomic E-state index is 12.6. The number of methoxy groups -OCH3 is 1. The van der Waals surface area contributed by atoms with Crippen LogP contribution < -0.4 is 15.0 Å². The Labute approximate surface area is 180 Å². The molecule has 0 radical (unpaired) electrons. The first-order chi connectivity index (χ1) is 14.7. The molecule has 8 heteroatoms. The van der Waals surface area contributed by atoms with Gasteiger partial charge in [0.1, 0.15) is 22.7 Å². The highest BCUT2D eigenvalue weighted by Crippen LogP contribution is 2.27. The summed E-state index contributed by atoms with van der Waals surface area (Å²) in [6.45, 7) is 5.99. The highest BCUT2D eigenvalue weighted by molar-refractivity contribution is 7.16. The van der Waals surface area contributed by atoms with Gasteiger partial charge in [-0.05, 0) is 42.5 Å². The van der Waals surface area contributed by atoms with Gasteiger partial charge in [-0.3, -0.25) is 9.69 Å². The lowest BCUT2D eigenvalue weighted by molar-refractivity contribution is -0.125. The number of hydrogen-bond acceptors (Lipinski definition) is 7. The molecule has 1 N–H and O–H groups in total. The zero-order valence-electron chi connectivity index (χ0n) is 17.4. The Bertz CT molecular complexity index is 983. The molecule has 158 valence electrons. The number of nitrogens with zero attached hydrogens (tertiary/aromatic N) is 4. The molecule has 0 spiro atoms. The molecule has 1 fully saturated rings. The SMILES string of the molecule is COc1ccc(CCNC(=O)C(C)N2CCN(c3ncnc4sccc34)CC2)cc1. The van der Waals surface area contributed by atoms with E-state index >= 15 is 0 Å². The van der Waals surface area contributed by atoms with E-state index in [9.17, 15) is 4.79 Å². The number of fused-ring (bicyclic) bond motifs is 1. The first kappa shape index (κ1) is 20.6. The van der Waals surface area contributed by atoms with Gasteiger partial charge in [0.05, 0.1) is 18.5 Å². The van der Waals surface area contributed by atoms with E-state index in [0.29, 0.717) is 6.54 Å². The van der Waals surface area contributed by atoms with Crippen LogP contribution in [0.25, 0.3) is 10.2 Å². The summed E-state index contributed by atoms with van der Waals surface area (Å²) in [7, 11) is 1.66. The normalized spacial score (nSPS) is 15.9. The number of piperazine rings is 1. The summed E-state index contributed by atoms with van der Waals surface area (Å²) in [5.74, 6) is 1.92. The zero-order valence-corrected chi connectivity index (χ0v) is 18.2. The van der Waals surface area contributed by atoms with Crippen LogP contribution >= 0.6 is 11.3 Å². The predicted molar refractivity (Wildman–Crippen MR) is 120 cm³/mol. The van der Waals surface area contributed by atoms with E-state index in [0.717, 1.165) is 54.4 Å². The molecular weight excluding hydrogens is 398 g/mol. The lowest BCUT2D eigenvalue weighted by Crippen LogP contribution is -2.54. The van der Waals surface area contributed by atoms with Crippen LogP contribution in [0.1, 0.15) is 12.5 Å². The maximum Gasteiger partial charge on any atom is 0.237 e. The summed E-state index contributed by atoms with van der Waals surface area (Å²) in [6.07, 6.45) is 2.44. The molecule has 3 aromatic rings. The van der Waals surface area contributed by atoms with Gasteiger partial charge in [0.25, 0.3) is 0 Å². The van der Waals surface area contributed by atoms with Crippen molar-refractivity contribution in [3.8, 4) is 5.75 Å². The minimum atomic E-state index is -0.144. The van der Waals surface area contributed by atoms with Crippen LogP contribution in [-0.2, 0) is 11.2 Å². The fraction of sp³-hybridized carbons (Fsp3) is 0.409. The number of anilines is 1. The number of benzene rings is 1. The molecule has 1 aliphatic rings. The van der Waals surface area contributed by atoms with E-state index in [2.05, 4.69) is 36.5 Å². The number of amides is 1. The number of nitrogens with one attached hydrogen (secondary N) is 1. The summed E-state index contributed by atoms with van der Waals surface area (Å²) in [5, 5.41) is 6.24. The molecule has 1 unspecified atom stereocenters. The summed E-state index contributed by atoms with van der Waals surface area (Å²) < 4.78 is 5.18. The van der Waals surface area contributed by atoms with Gasteiger partial charge >= 0.3 is 0 Å². The molecule has 2 aromatic heterocycles. The Morgan fingerprint density at radius 3 is 2.67 bits per heavy atom. The lowest BCUT2D eigenvalue weighted by Gasteiger charge is -2.38. The topological polar surface area (TPSA) is 70.6 Å². The molecular formula is C22H27N5O2S. The van der Waals surface area contributed by atoms with E-state index in [1.165, 1.54) is 5.56 Å². The predicted octanol–water partition coefficient (Wildman–Crippen LogP) is 2.57. The van der Waals surface area contributed by atoms with Gasteiger partial charge in [0, 0.05) is 32.7 Å². The van der Waals surface area contributed by atoms with Crippen LogP contribution in [0.2, 0.25) is 0 Å². The maximum absolute atomic E-state index is 12.6. The van der Waals surface area contributed by atoms with Crippen LogP contribution in [0, 0.1) is 0 Å². The van der Waals surface area contributed by atoms with Crippen LogP contribution in [0.15, 0.2) is 42.0 Å². The van der Waals surface area contributed by atoms with Crippen molar-refractivity contribution in [2.75, 3.05) is 44.7 Å². The molecule has 1 amide bonds. The number of rotatable bonds is 7. The van der Waals surface area contributed by atoms with Crippen molar-refractivity contribution in [2.45, 2.75) is 19.4 Å². The second-order valence-corrected chi connectivity index (χ2v) is 8.32. The molecule has 1 saturated heterocycles. The van der Waals surface area contributed by atoms with E-state index in [-0.39, 0.29) is 11.9 Å². The van der Waals surface area contributed by atoms with Crippen molar-refractivity contribution in [1.82, 2.24) is 20.2 Å². The van der Waals surface area contributed by atoms with Gasteiger partial charge in [0.15, 0.2) is 0 Å². The van der Waals surface area contributed by atoms with E-state index in [1.807, 2.05) is 31.2 Å². The largest absolute Gasteiger partial charge is 0.497 e. The lowest BCUT2D eigenvalue weighted by atomic mass is 10.1. The summed E-state index contributed by atoms with van der Waals surface area (Å²) in [4.78, 5) is 27.0. The number of ether oxygens (including phenoxy) is 1. The minimum Gasteiger partial charge on any atom is -0.497 e. The summed E-state index contributed by atoms with van der Waals surface area (Å²) >= 11 is 1.64. The zero-order chi connectivity index (χ0) is 20.9. The van der Waals surface area contributed by atoms with Crippen LogP contribution in [-0.4, -0.2) is 66.7 Å². The first-order valence-corrected chi connectivity index (χ1v) is 11.1. The van der Waals surface area contributed by atoms with Crippen LogP contribution in [0.3, 0.4) is 0 Å². The van der Waals surface area contributed by atoms with Crippen molar-refractivity contribution in [1.29, 1.82) is 0 Å². The molecule has 1 aromatic carbocycles.